The van der Waals surface area contributed by atoms with Gasteiger partial charge in [-0.15, -0.1) is 0 Å². The van der Waals surface area contributed by atoms with Crippen molar-refractivity contribution in [3.63, 3.8) is 0 Å². The maximum Gasteiger partial charge on any atom is 0.220 e. The van der Waals surface area contributed by atoms with E-state index in [1.165, 1.54) is 37.9 Å². The third-order valence-electron chi connectivity index (χ3n) is 5.21. The van der Waals surface area contributed by atoms with E-state index in [0.29, 0.717) is 26.0 Å². The Morgan fingerprint density at radius 2 is 1.72 bits per heavy atom. The molecule has 1 aliphatic heterocycles. The number of carbonyl (C=O) groups excluding carboxylic acids is 1. The Hall–Kier alpha value is -2.53. The lowest BCUT2D eigenvalue weighted by Gasteiger charge is -2.26. The van der Waals surface area contributed by atoms with Crippen molar-refractivity contribution in [3.05, 3.63) is 59.7 Å². The van der Waals surface area contributed by atoms with E-state index in [9.17, 15) is 4.79 Å². The van der Waals surface area contributed by atoms with Crippen LogP contribution in [-0.2, 0) is 17.9 Å². The van der Waals surface area contributed by atoms with Gasteiger partial charge in [-0.1, -0.05) is 30.7 Å². The van der Waals surface area contributed by atoms with Crippen molar-refractivity contribution in [2.75, 3.05) is 26.8 Å². The van der Waals surface area contributed by atoms with Crippen LogP contribution in [0, 0.1) is 0 Å². The van der Waals surface area contributed by atoms with Crippen LogP contribution >= 0.6 is 0 Å². The van der Waals surface area contributed by atoms with E-state index in [1.807, 2.05) is 24.3 Å². The summed E-state index contributed by atoms with van der Waals surface area (Å²) in [6.07, 6.45) is 5.11. The molecule has 0 aliphatic carbocycles. The van der Waals surface area contributed by atoms with Crippen LogP contribution in [-0.4, -0.2) is 37.6 Å². The fraction of sp³-hybridized carbons (Fsp3) is 0.458. The Morgan fingerprint density at radius 3 is 2.48 bits per heavy atom. The van der Waals surface area contributed by atoms with E-state index in [4.69, 9.17) is 9.47 Å². The summed E-state index contributed by atoms with van der Waals surface area (Å²) in [7, 11) is 1.64. The van der Waals surface area contributed by atoms with E-state index >= 15 is 0 Å². The summed E-state index contributed by atoms with van der Waals surface area (Å²) >= 11 is 0. The third kappa shape index (κ3) is 7.42. The first-order valence-corrected chi connectivity index (χ1v) is 10.6. The second-order valence-electron chi connectivity index (χ2n) is 7.56. The first kappa shape index (κ1) is 21.2. The van der Waals surface area contributed by atoms with Crippen LogP contribution in [0.3, 0.4) is 0 Å². The van der Waals surface area contributed by atoms with E-state index < -0.39 is 0 Å². The summed E-state index contributed by atoms with van der Waals surface area (Å²) in [5, 5.41) is 3.02. The van der Waals surface area contributed by atoms with E-state index in [0.717, 1.165) is 23.6 Å². The molecule has 156 valence electrons. The van der Waals surface area contributed by atoms with Crippen LogP contribution in [0.5, 0.6) is 11.5 Å². The number of piperidine rings is 1. The molecule has 5 heteroatoms. The van der Waals surface area contributed by atoms with Gasteiger partial charge in [0.05, 0.1) is 13.7 Å². The molecule has 2 aromatic carbocycles. The molecule has 0 radical (unpaired) electrons. The van der Waals surface area contributed by atoms with Crippen molar-refractivity contribution in [2.45, 2.75) is 45.2 Å². The number of hydrogen-bond donors (Lipinski definition) is 1. The number of likely N-dealkylation sites (tertiary alicyclic amines) is 1. The van der Waals surface area contributed by atoms with Crippen LogP contribution in [0.25, 0.3) is 0 Å². The van der Waals surface area contributed by atoms with Gasteiger partial charge in [0.2, 0.25) is 5.91 Å². The topological polar surface area (TPSA) is 50.8 Å². The summed E-state index contributed by atoms with van der Waals surface area (Å²) in [5.41, 5.74) is 2.48. The van der Waals surface area contributed by atoms with Gasteiger partial charge in [0, 0.05) is 19.5 Å². The Balaban J connectivity index is 1.33. The van der Waals surface area contributed by atoms with Gasteiger partial charge in [-0.25, -0.2) is 0 Å². The largest absolute Gasteiger partial charge is 0.497 e. The number of hydrogen-bond acceptors (Lipinski definition) is 4. The van der Waals surface area contributed by atoms with Crippen LogP contribution < -0.4 is 14.8 Å². The van der Waals surface area contributed by atoms with Gasteiger partial charge in [-0.2, -0.15) is 0 Å². The smallest absolute Gasteiger partial charge is 0.220 e. The van der Waals surface area contributed by atoms with Crippen LogP contribution in [0.15, 0.2) is 48.5 Å². The second-order valence-corrected chi connectivity index (χ2v) is 7.56. The Kier molecular flexibility index (Phi) is 8.38. The van der Waals surface area contributed by atoms with Gasteiger partial charge in [-0.3, -0.25) is 9.69 Å². The van der Waals surface area contributed by atoms with Crippen molar-refractivity contribution in [1.29, 1.82) is 0 Å². The predicted molar refractivity (Wildman–Crippen MR) is 115 cm³/mol. The molecule has 1 aliphatic rings. The first-order chi connectivity index (χ1) is 14.2. The minimum Gasteiger partial charge on any atom is -0.497 e. The van der Waals surface area contributed by atoms with Crippen molar-refractivity contribution in [1.82, 2.24) is 10.2 Å². The maximum atomic E-state index is 12.1. The van der Waals surface area contributed by atoms with Crippen molar-refractivity contribution in [3.8, 4) is 11.5 Å². The molecule has 1 amide bonds. The monoisotopic (exact) mass is 396 g/mol. The molecular formula is C24H32N2O3. The number of methoxy groups -OCH3 is 1. The summed E-state index contributed by atoms with van der Waals surface area (Å²) in [5.74, 6) is 1.65. The summed E-state index contributed by atoms with van der Waals surface area (Å²) in [6, 6.07) is 16.0. The summed E-state index contributed by atoms with van der Waals surface area (Å²) in [6.45, 7) is 4.49. The number of ether oxygens (including phenoxy) is 2. The highest BCUT2D eigenvalue weighted by Gasteiger charge is 2.10. The quantitative estimate of drug-likeness (QED) is 0.613. The van der Waals surface area contributed by atoms with Crippen molar-refractivity contribution >= 4 is 5.91 Å². The molecule has 0 atom stereocenters. The predicted octanol–water partition coefficient (Wildman–Crippen LogP) is 4.16. The third-order valence-corrected chi connectivity index (χ3v) is 5.21. The molecule has 1 N–H and O–H groups in total. The van der Waals surface area contributed by atoms with E-state index in [2.05, 4.69) is 34.5 Å². The Morgan fingerprint density at radius 1 is 1.00 bits per heavy atom. The molecule has 1 heterocycles. The standard InChI is InChI=1S/C24H32N2O3/c1-28-22-10-12-23(13-11-22)29-16-6-9-24(27)25-18-20-7-5-8-21(17-20)19-26-14-3-2-4-15-26/h5,7-8,10-13,17H,2-4,6,9,14-16,18-19H2,1H3,(H,25,27). The molecule has 2 aromatic rings. The second kappa shape index (κ2) is 11.5. The normalized spacial score (nSPS) is 14.4. The molecule has 0 aromatic heterocycles. The first-order valence-electron chi connectivity index (χ1n) is 10.6. The summed E-state index contributed by atoms with van der Waals surface area (Å²) in [4.78, 5) is 14.6. The molecule has 3 rings (SSSR count). The van der Waals surface area contributed by atoms with Gasteiger partial charge >= 0.3 is 0 Å². The van der Waals surface area contributed by atoms with Gasteiger partial charge in [-0.05, 0) is 67.7 Å². The van der Waals surface area contributed by atoms with Crippen LogP contribution in [0.2, 0.25) is 0 Å². The number of nitrogens with zero attached hydrogens (tertiary/aromatic N) is 1. The zero-order valence-electron chi connectivity index (χ0n) is 17.4. The lowest BCUT2D eigenvalue weighted by atomic mass is 10.1. The highest BCUT2D eigenvalue weighted by Crippen LogP contribution is 2.17. The molecule has 29 heavy (non-hydrogen) atoms. The Bertz CT molecular complexity index is 755. The number of carbonyl (C=O) groups is 1. The zero-order chi connectivity index (χ0) is 20.3. The number of nitrogens with one attached hydrogen (secondary N) is 1. The minimum atomic E-state index is 0.0600. The van der Waals surface area contributed by atoms with Crippen LogP contribution in [0.1, 0.15) is 43.2 Å². The number of rotatable bonds is 10. The SMILES string of the molecule is COc1ccc(OCCCC(=O)NCc2cccc(CN3CCCCC3)c2)cc1. The fourth-order valence-electron chi connectivity index (χ4n) is 3.60. The molecule has 0 saturated carbocycles. The molecular weight excluding hydrogens is 364 g/mol. The van der Waals surface area contributed by atoms with E-state index in [-0.39, 0.29) is 5.91 Å². The number of amides is 1. The molecule has 0 bridgehead atoms. The van der Waals surface area contributed by atoms with Crippen molar-refractivity contribution < 1.29 is 14.3 Å². The molecule has 0 unspecified atom stereocenters. The average Bonchev–Trinajstić information content (AvgIpc) is 2.77. The van der Waals surface area contributed by atoms with Gasteiger partial charge in [0.1, 0.15) is 11.5 Å². The lowest BCUT2D eigenvalue weighted by molar-refractivity contribution is -0.121. The van der Waals surface area contributed by atoms with Gasteiger partial charge in [0.15, 0.2) is 0 Å². The molecule has 1 fully saturated rings. The van der Waals surface area contributed by atoms with Gasteiger partial charge in [0.25, 0.3) is 0 Å². The number of benzene rings is 2. The average molecular weight is 397 g/mol. The fourth-order valence-corrected chi connectivity index (χ4v) is 3.60. The highest BCUT2D eigenvalue weighted by atomic mass is 16.5. The van der Waals surface area contributed by atoms with Crippen molar-refractivity contribution in [2.24, 2.45) is 0 Å². The summed E-state index contributed by atoms with van der Waals surface area (Å²) < 4.78 is 10.8. The molecule has 5 nitrogen and oxygen atoms in total. The Labute approximate surface area is 174 Å². The zero-order valence-corrected chi connectivity index (χ0v) is 17.4. The highest BCUT2D eigenvalue weighted by molar-refractivity contribution is 5.75. The van der Waals surface area contributed by atoms with E-state index in [1.54, 1.807) is 7.11 Å². The molecule has 1 saturated heterocycles. The minimum absolute atomic E-state index is 0.0600. The maximum absolute atomic E-state index is 12.1. The molecule has 0 spiro atoms. The lowest BCUT2D eigenvalue weighted by Crippen LogP contribution is -2.29. The van der Waals surface area contributed by atoms with Crippen LogP contribution in [0.4, 0.5) is 0 Å². The van der Waals surface area contributed by atoms with Gasteiger partial charge < -0.3 is 14.8 Å².